The molecule has 1 aliphatic heterocycles. The van der Waals surface area contributed by atoms with Crippen molar-refractivity contribution in [2.75, 3.05) is 31.1 Å². The highest BCUT2D eigenvalue weighted by Crippen LogP contribution is 2.22. The van der Waals surface area contributed by atoms with Crippen molar-refractivity contribution in [1.29, 1.82) is 0 Å². The van der Waals surface area contributed by atoms with Gasteiger partial charge in [0.2, 0.25) is 0 Å². The third-order valence-corrected chi connectivity index (χ3v) is 4.55. The number of carbonyl (C=O) groups is 1. The van der Waals surface area contributed by atoms with Crippen LogP contribution in [-0.4, -0.2) is 48.2 Å². The molecule has 0 radical (unpaired) electrons. The van der Waals surface area contributed by atoms with Gasteiger partial charge in [0.25, 0.3) is 5.91 Å². The van der Waals surface area contributed by atoms with E-state index in [-0.39, 0.29) is 17.9 Å². The van der Waals surface area contributed by atoms with Crippen LogP contribution in [0.15, 0.2) is 24.3 Å². The van der Waals surface area contributed by atoms with Crippen molar-refractivity contribution in [2.24, 2.45) is 5.92 Å². The SMILES string of the molecule is CCCN(CC)c1ccc(C(=O)N2CCC(C(C)O)C2)cc1. The summed E-state index contributed by atoms with van der Waals surface area (Å²) in [6.07, 6.45) is 1.66. The van der Waals surface area contributed by atoms with E-state index in [1.165, 1.54) is 5.69 Å². The molecule has 2 rings (SSSR count). The third kappa shape index (κ3) is 3.80. The van der Waals surface area contributed by atoms with Gasteiger partial charge in [0.05, 0.1) is 6.10 Å². The highest BCUT2D eigenvalue weighted by atomic mass is 16.3. The van der Waals surface area contributed by atoms with Gasteiger partial charge < -0.3 is 14.9 Å². The van der Waals surface area contributed by atoms with Gasteiger partial charge in [0, 0.05) is 43.3 Å². The average molecular weight is 304 g/mol. The van der Waals surface area contributed by atoms with E-state index in [0.717, 1.165) is 38.0 Å². The lowest BCUT2D eigenvalue weighted by molar-refractivity contribution is 0.0762. The molecular weight excluding hydrogens is 276 g/mol. The van der Waals surface area contributed by atoms with Crippen LogP contribution in [0.3, 0.4) is 0 Å². The quantitative estimate of drug-likeness (QED) is 0.879. The van der Waals surface area contributed by atoms with Crippen molar-refractivity contribution in [3.8, 4) is 0 Å². The van der Waals surface area contributed by atoms with Crippen molar-refractivity contribution < 1.29 is 9.90 Å². The van der Waals surface area contributed by atoms with Crippen LogP contribution < -0.4 is 4.90 Å². The lowest BCUT2D eigenvalue weighted by Gasteiger charge is -2.23. The zero-order chi connectivity index (χ0) is 16.1. The largest absolute Gasteiger partial charge is 0.393 e. The first-order valence-corrected chi connectivity index (χ1v) is 8.39. The minimum Gasteiger partial charge on any atom is -0.393 e. The normalized spacial score (nSPS) is 19.3. The van der Waals surface area contributed by atoms with Crippen LogP contribution in [0.1, 0.15) is 44.0 Å². The van der Waals surface area contributed by atoms with E-state index in [9.17, 15) is 9.90 Å². The van der Waals surface area contributed by atoms with E-state index >= 15 is 0 Å². The second kappa shape index (κ2) is 7.63. The summed E-state index contributed by atoms with van der Waals surface area (Å²) in [5.74, 6) is 0.289. The Morgan fingerprint density at radius 1 is 1.36 bits per heavy atom. The summed E-state index contributed by atoms with van der Waals surface area (Å²) in [5, 5.41) is 9.65. The molecule has 1 aromatic carbocycles. The number of aliphatic hydroxyl groups is 1. The fraction of sp³-hybridized carbons (Fsp3) is 0.611. The van der Waals surface area contributed by atoms with Gasteiger partial charge in [-0.1, -0.05) is 6.92 Å². The minimum absolute atomic E-state index is 0.0771. The predicted molar refractivity (Wildman–Crippen MR) is 90.3 cm³/mol. The molecule has 1 aliphatic rings. The average Bonchev–Trinajstić information content (AvgIpc) is 3.02. The Labute approximate surface area is 133 Å². The molecule has 0 spiro atoms. The summed E-state index contributed by atoms with van der Waals surface area (Å²) in [5.41, 5.74) is 1.91. The van der Waals surface area contributed by atoms with Crippen LogP contribution >= 0.6 is 0 Å². The summed E-state index contributed by atoms with van der Waals surface area (Å²) < 4.78 is 0. The van der Waals surface area contributed by atoms with Crippen molar-refractivity contribution >= 4 is 11.6 Å². The van der Waals surface area contributed by atoms with E-state index in [2.05, 4.69) is 18.7 Å². The second-order valence-corrected chi connectivity index (χ2v) is 6.17. The number of anilines is 1. The molecule has 2 unspecified atom stereocenters. The van der Waals surface area contributed by atoms with Crippen LogP contribution in [0.5, 0.6) is 0 Å². The Morgan fingerprint density at radius 3 is 2.55 bits per heavy atom. The smallest absolute Gasteiger partial charge is 0.253 e. The van der Waals surface area contributed by atoms with Crippen molar-refractivity contribution in [3.63, 3.8) is 0 Å². The molecule has 0 saturated carbocycles. The molecule has 1 heterocycles. The summed E-state index contributed by atoms with van der Waals surface area (Å²) in [6, 6.07) is 7.92. The third-order valence-electron chi connectivity index (χ3n) is 4.55. The molecular formula is C18H28N2O2. The lowest BCUT2D eigenvalue weighted by Crippen LogP contribution is -2.30. The molecule has 1 aromatic rings. The standard InChI is InChI=1S/C18H28N2O2/c1-4-11-19(5-2)17-8-6-15(7-9-17)18(22)20-12-10-16(13-20)14(3)21/h6-9,14,16,21H,4-5,10-13H2,1-3H3. The molecule has 1 fully saturated rings. The fourth-order valence-electron chi connectivity index (χ4n) is 3.10. The highest BCUT2D eigenvalue weighted by Gasteiger charge is 2.29. The Bertz CT molecular complexity index is 484. The maximum absolute atomic E-state index is 12.5. The molecule has 122 valence electrons. The molecule has 2 atom stereocenters. The lowest BCUT2D eigenvalue weighted by atomic mass is 10.0. The van der Waals surface area contributed by atoms with Crippen LogP contribution in [0.2, 0.25) is 0 Å². The van der Waals surface area contributed by atoms with Gasteiger partial charge in [0.15, 0.2) is 0 Å². The van der Waals surface area contributed by atoms with Crippen molar-refractivity contribution in [2.45, 2.75) is 39.7 Å². The van der Waals surface area contributed by atoms with Gasteiger partial charge in [-0.05, 0) is 51.0 Å². The molecule has 4 heteroatoms. The number of benzene rings is 1. The topological polar surface area (TPSA) is 43.8 Å². The Balaban J connectivity index is 2.02. The van der Waals surface area contributed by atoms with Gasteiger partial charge in [-0.25, -0.2) is 0 Å². The van der Waals surface area contributed by atoms with Crippen LogP contribution in [0.25, 0.3) is 0 Å². The van der Waals surface area contributed by atoms with E-state index in [1.807, 2.05) is 29.2 Å². The number of nitrogens with zero attached hydrogens (tertiary/aromatic N) is 2. The summed E-state index contributed by atoms with van der Waals surface area (Å²) in [4.78, 5) is 16.7. The number of amides is 1. The highest BCUT2D eigenvalue weighted by molar-refractivity contribution is 5.94. The second-order valence-electron chi connectivity index (χ2n) is 6.17. The van der Waals surface area contributed by atoms with Gasteiger partial charge >= 0.3 is 0 Å². The number of hydrogen-bond acceptors (Lipinski definition) is 3. The van der Waals surface area contributed by atoms with E-state index in [1.54, 1.807) is 6.92 Å². The Kier molecular flexibility index (Phi) is 5.83. The first-order chi connectivity index (χ1) is 10.6. The van der Waals surface area contributed by atoms with Gasteiger partial charge in [-0.15, -0.1) is 0 Å². The first-order valence-electron chi connectivity index (χ1n) is 8.39. The number of aliphatic hydroxyl groups excluding tert-OH is 1. The molecule has 1 N–H and O–H groups in total. The number of rotatable bonds is 6. The van der Waals surface area contributed by atoms with Gasteiger partial charge in [0.1, 0.15) is 0 Å². The molecule has 0 bridgehead atoms. The molecule has 0 aliphatic carbocycles. The maximum atomic E-state index is 12.5. The van der Waals surface area contributed by atoms with Crippen molar-refractivity contribution in [1.82, 2.24) is 4.90 Å². The molecule has 0 aromatic heterocycles. The van der Waals surface area contributed by atoms with Gasteiger partial charge in [-0.3, -0.25) is 4.79 Å². The summed E-state index contributed by atoms with van der Waals surface area (Å²) in [6.45, 7) is 9.54. The van der Waals surface area contributed by atoms with Crippen LogP contribution in [0, 0.1) is 5.92 Å². The van der Waals surface area contributed by atoms with Crippen LogP contribution in [0.4, 0.5) is 5.69 Å². The minimum atomic E-state index is -0.340. The zero-order valence-electron chi connectivity index (χ0n) is 14.0. The summed E-state index contributed by atoms with van der Waals surface area (Å²) >= 11 is 0. The van der Waals surface area contributed by atoms with E-state index < -0.39 is 0 Å². The Hall–Kier alpha value is -1.55. The molecule has 4 nitrogen and oxygen atoms in total. The van der Waals surface area contributed by atoms with E-state index in [4.69, 9.17) is 0 Å². The van der Waals surface area contributed by atoms with Gasteiger partial charge in [-0.2, -0.15) is 0 Å². The maximum Gasteiger partial charge on any atom is 0.253 e. The number of hydrogen-bond donors (Lipinski definition) is 1. The Morgan fingerprint density at radius 2 is 2.05 bits per heavy atom. The molecule has 22 heavy (non-hydrogen) atoms. The van der Waals surface area contributed by atoms with E-state index in [0.29, 0.717) is 6.54 Å². The zero-order valence-corrected chi connectivity index (χ0v) is 14.0. The monoisotopic (exact) mass is 304 g/mol. The van der Waals surface area contributed by atoms with Crippen molar-refractivity contribution in [3.05, 3.63) is 29.8 Å². The fourth-order valence-corrected chi connectivity index (χ4v) is 3.10. The first kappa shape index (κ1) is 16.8. The predicted octanol–water partition coefficient (Wildman–Crippen LogP) is 2.77. The summed E-state index contributed by atoms with van der Waals surface area (Å²) in [7, 11) is 0. The molecule has 1 saturated heterocycles. The number of likely N-dealkylation sites (tertiary alicyclic amines) is 1. The number of carbonyl (C=O) groups excluding carboxylic acids is 1. The van der Waals surface area contributed by atoms with Crippen LogP contribution in [-0.2, 0) is 0 Å². The molecule has 1 amide bonds.